The van der Waals surface area contributed by atoms with Crippen molar-refractivity contribution in [1.82, 2.24) is 10.2 Å². The Bertz CT molecular complexity index is 149. The quantitative estimate of drug-likeness (QED) is 0.712. The molecule has 0 aromatic carbocycles. The maximum absolute atomic E-state index is 5.80. The third-order valence-electron chi connectivity index (χ3n) is 3.13. The molecule has 0 saturated carbocycles. The summed E-state index contributed by atoms with van der Waals surface area (Å²) < 4.78 is 5.80. The van der Waals surface area contributed by atoms with Crippen molar-refractivity contribution >= 4 is 0 Å². The lowest BCUT2D eigenvalue weighted by molar-refractivity contribution is 0.0334. The van der Waals surface area contributed by atoms with Crippen molar-refractivity contribution in [3.05, 3.63) is 0 Å². The Labute approximate surface area is 86.8 Å². The fourth-order valence-electron chi connectivity index (χ4n) is 2.32. The number of hydrogen-bond acceptors (Lipinski definition) is 3. The van der Waals surface area contributed by atoms with Crippen LogP contribution in [0.25, 0.3) is 0 Å². The predicted molar refractivity (Wildman–Crippen MR) is 57.5 cm³/mol. The Morgan fingerprint density at radius 3 is 2.86 bits per heavy atom. The van der Waals surface area contributed by atoms with E-state index in [0.29, 0.717) is 6.10 Å². The molecule has 0 aromatic rings. The number of nitrogens with zero attached hydrogens (tertiary/aromatic N) is 1. The van der Waals surface area contributed by atoms with Gasteiger partial charge in [-0.15, -0.1) is 0 Å². The summed E-state index contributed by atoms with van der Waals surface area (Å²) in [5, 5.41) is 3.44. The van der Waals surface area contributed by atoms with Gasteiger partial charge in [-0.3, -0.25) is 0 Å². The second-order valence-corrected chi connectivity index (χ2v) is 4.41. The van der Waals surface area contributed by atoms with Crippen LogP contribution in [0.4, 0.5) is 0 Å². The van der Waals surface area contributed by atoms with Crippen LogP contribution in [-0.4, -0.2) is 50.3 Å². The predicted octanol–water partition coefficient (Wildman–Crippen LogP) is 0.851. The van der Waals surface area contributed by atoms with Crippen LogP contribution in [-0.2, 0) is 4.74 Å². The van der Waals surface area contributed by atoms with Gasteiger partial charge in [0.25, 0.3) is 0 Å². The number of rotatable bonds is 2. The molecule has 3 nitrogen and oxygen atoms in total. The van der Waals surface area contributed by atoms with Crippen molar-refractivity contribution < 1.29 is 4.74 Å². The first-order chi connectivity index (χ1) is 6.95. The summed E-state index contributed by atoms with van der Waals surface area (Å²) in [6.45, 7) is 6.78. The third kappa shape index (κ3) is 3.23. The van der Waals surface area contributed by atoms with E-state index in [2.05, 4.69) is 10.2 Å². The minimum atomic E-state index is 0.426. The highest BCUT2D eigenvalue weighted by Crippen LogP contribution is 2.10. The van der Waals surface area contributed by atoms with Crippen molar-refractivity contribution in [1.29, 1.82) is 0 Å². The number of nitrogens with one attached hydrogen (secondary N) is 1. The smallest absolute Gasteiger partial charge is 0.0826 e. The topological polar surface area (TPSA) is 24.5 Å². The molecule has 0 aliphatic carbocycles. The molecule has 1 unspecified atom stereocenters. The minimum Gasteiger partial charge on any atom is -0.376 e. The Morgan fingerprint density at radius 1 is 1.14 bits per heavy atom. The largest absolute Gasteiger partial charge is 0.376 e. The van der Waals surface area contributed by atoms with Crippen LogP contribution < -0.4 is 5.32 Å². The number of piperidine rings is 1. The summed E-state index contributed by atoms with van der Waals surface area (Å²) in [4.78, 5) is 2.56. The molecule has 2 rings (SSSR count). The molecule has 1 N–H and O–H groups in total. The van der Waals surface area contributed by atoms with Crippen molar-refractivity contribution in [3.63, 3.8) is 0 Å². The molecule has 0 spiro atoms. The van der Waals surface area contributed by atoms with Crippen LogP contribution in [0.1, 0.15) is 25.7 Å². The van der Waals surface area contributed by atoms with E-state index in [1.165, 1.54) is 32.4 Å². The highest BCUT2D eigenvalue weighted by atomic mass is 16.5. The summed E-state index contributed by atoms with van der Waals surface area (Å²) in [5.74, 6) is 0. The molecule has 0 bridgehead atoms. The molecule has 0 radical (unpaired) electrons. The molecular formula is C11H22N2O. The van der Waals surface area contributed by atoms with E-state index in [1.54, 1.807) is 0 Å². The van der Waals surface area contributed by atoms with E-state index < -0.39 is 0 Å². The lowest BCUT2D eigenvalue weighted by Crippen LogP contribution is -2.41. The molecule has 0 amide bonds. The summed E-state index contributed by atoms with van der Waals surface area (Å²) >= 11 is 0. The third-order valence-corrected chi connectivity index (χ3v) is 3.13. The lowest BCUT2D eigenvalue weighted by atomic mass is 10.1. The van der Waals surface area contributed by atoms with Gasteiger partial charge in [0, 0.05) is 19.7 Å². The van der Waals surface area contributed by atoms with Gasteiger partial charge in [0.1, 0.15) is 0 Å². The van der Waals surface area contributed by atoms with Crippen LogP contribution in [0.15, 0.2) is 0 Å². The zero-order valence-electron chi connectivity index (χ0n) is 9.00. The van der Waals surface area contributed by atoms with Gasteiger partial charge >= 0.3 is 0 Å². The van der Waals surface area contributed by atoms with Crippen molar-refractivity contribution in [2.45, 2.75) is 31.8 Å². The fourth-order valence-corrected chi connectivity index (χ4v) is 2.32. The Hall–Kier alpha value is -0.120. The van der Waals surface area contributed by atoms with Gasteiger partial charge in [-0.2, -0.15) is 0 Å². The van der Waals surface area contributed by atoms with Gasteiger partial charge < -0.3 is 15.0 Å². The average molecular weight is 198 g/mol. The van der Waals surface area contributed by atoms with Gasteiger partial charge in [-0.1, -0.05) is 6.42 Å². The van der Waals surface area contributed by atoms with E-state index >= 15 is 0 Å². The molecule has 2 aliphatic heterocycles. The zero-order valence-corrected chi connectivity index (χ0v) is 9.00. The number of ether oxygens (including phenoxy) is 1. The molecule has 0 aromatic heterocycles. The van der Waals surface area contributed by atoms with Gasteiger partial charge in [0.05, 0.1) is 6.10 Å². The standard InChI is InChI=1S/C11H22N2O/c1-2-6-13(7-3-1)10-11-9-12-5-4-8-14-11/h11-12H,1-10H2. The first kappa shape index (κ1) is 10.4. The Kier molecular flexibility index (Phi) is 4.22. The highest BCUT2D eigenvalue weighted by molar-refractivity contribution is 4.73. The van der Waals surface area contributed by atoms with Gasteiger partial charge in [0.2, 0.25) is 0 Å². The summed E-state index contributed by atoms with van der Waals surface area (Å²) in [5.41, 5.74) is 0. The summed E-state index contributed by atoms with van der Waals surface area (Å²) in [6.07, 6.45) is 5.76. The second-order valence-electron chi connectivity index (χ2n) is 4.41. The molecular weight excluding hydrogens is 176 g/mol. The monoisotopic (exact) mass is 198 g/mol. The van der Waals surface area contributed by atoms with Gasteiger partial charge in [-0.05, 0) is 38.9 Å². The van der Waals surface area contributed by atoms with Crippen molar-refractivity contribution in [2.24, 2.45) is 0 Å². The van der Waals surface area contributed by atoms with E-state index in [4.69, 9.17) is 4.74 Å². The zero-order chi connectivity index (χ0) is 9.64. The second kappa shape index (κ2) is 5.69. The van der Waals surface area contributed by atoms with Crippen molar-refractivity contribution in [3.8, 4) is 0 Å². The van der Waals surface area contributed by atoms with Crippen LogP contribution >= 0.6 is 0 Å². The Morgan fingerprint density at radius 2 is 2.00 bits per heavy atom. The first-order valence-electron chi connectivity index (χ1n) is 6.00. The summed E-state index contributed by atoms with van der Waals surface area (Å²) in [7, 11) is 0. The SMILES string of the molecule is C1CCN(CC2CNCCCO2)CC1. The average Bonchev–Trinajstić information content (AvgIpc) is 2.48. The summed E-state index contributed by atoms with van der Waals surface area (Å²) in [6, 6.07) is 0. The van der Waals surface area contributed by atoms with E-state index in [9.17, 15) is 0 Å². The number of hydrogen-bond donors (Lipinski definition) is 1. The molecule has 2 saturated heterocycles. The molecule has 2 fully saturated rings. The lowest BCUT2D eigenvalue weighted by Gasteiger charge is -2.29. The van der Waals surface area contributed by atoms with Crippen LogP contribution in [0.5, 0.6) is 0 Å². The van der Waals surface area contributed by atoms with Crippen LogP contribution in [0, 0.1) is 0 Å². The van der Waals surface area contributed by atoms with E-state index in [-0.39, 0.29) is 0 Å². The fraction of sp³-hybridized carbons (Fsp3) is 1.00. The molecule has 2 heterocycles. The van der Waals surface area contributed by atoms with Crippen LogP contribution in [0.2, 0.25) is 0 Å². The normalized spacial score (nSPS) is 31.3. The van der Waals surface area contributed by atoms with Gasteiger partial charge in [0.15, 0.2) is 0 Å². The first-order valence-corrected chi connectivity index (χ1v) is 6.00. The van der Waals surface area contributed by atoms with Gasteiger partial charge in [-0.25, -0.2) is 0 Å². The van der Waals surface area contributed by atoms with E-state index in [0.717, 1.165) is 32.7 Å². The minimum absolute atomic E-state index is 0.426. The molecule has 3 heteroatoms. The van der Waals surface area contributed by atoms with Crippen LogP contribution in [0.3, 0.4) is 0 Å². The maximum Gasteiger partial charge on any atom is 0.0826 e. The molecule has 14 heavy (non-hydrogen) atoms. The molecule has 1 atom stereocenters. The molecule has 82 valence electrons. The van der Waals surface area contributed by atoms with E-state index in [1.807, 2.05) is 0 Å². The van der Waals surface area contributed by atoms with Crippen molar-refractivity contribution in [2.75, 3.05) is 39.3 Å². The number of likely N-dealkylation sites (tertiary alicyclic amines) is 1. The maximum atomic E-state index is 5.80. The Balaban J connectivity index is 1.71. The molecule has 2 aliphatic rings. The highest BCUT2D eigenvalue weighted by Gasteiger charge is 2.17.